The largest absolute Gasteiger partial charge is 0.462 e. The predicted octanol–water partition coefficient (Wildman–Crippen LogP) is 15.8. The van der Waals surface area contributed by atoms with Gasteiger partial charge in [0.15, 0.2) is 6.10 Å². The molecule has 6 nitrogen and oxygen atoms in total. The average molecular weight is 793 g/mol. The lowest BCUT2D eigenvalue weighted by Crippen LogP contribution is -2.30. The molecule has 0 aliphatic heterocycles. The van der Waals surface area contributed by atoms with E-state index in [0.717, 1.165) is 69.6 Å². The lowest BCUT2D eigenvalue weighted by Gasteiger charge is -2.18. The Labute approximate surface area is 348 Å². The Morgan fingerprint density at radius 2 is 0.679 bits per heavy atom. The van der Waals surface area contributed by atoms with E-state index in [0.29, 0.717) is 19.3 Å². The van der Waals surface area contributed by atoms with Crippen molar-refractivity contribution >= 4 is 17.9 Å². The summed E-state index contributed by atoms with van der Waals surface area (Å²) < 4.78 is 16.8. The third-order valence-electron chi connectivity index (χ3n) is 11.6. The maximum Gasteiger partial charge on any atom is 0.306 e. The van der Waals surface area contributed by atoms with Crippen LogP contribution in [0.15, 0.2) is 0 Å². The Morgan fingerprint density at radius 3 is 1.02 bits per heavy atom. The second-order valence-electron chi connectivity index (χ2n) is 17.8. The molecule has 0 amide bonds. The number of ether oxygens (including phenoxy) is 3. The second kappa shape index (κ2) is 43.0. The van der Waals surface area contributed by atoms with Gasteiger partial charge >= 0.3 is 17.9 Å². The second-order valence-corrected chi connectivity index (χ2v) is 17.8. The number of hydrogen-bond donors (Lipinski definition) is 0. The predicted molar refractivity (Wildman–Crippen MR) is 238 cm³/mol. The van der Waals surface area contributed by atoms with Crippen LogP contribution in [0.4, 0.5) is 0 Å². The summed E-state index contributed by atoms with van der Waals surface area (Å²) in [6, 6.07) is 0. The van der Waals surface area contributed by atoms with Gasteiger partial charge in [0.05, 0.1) is 0 Å². The fourth-order valence-corrected chi connectivity index (χ4v) is 7.43. The molecule has 1 unspecified atom stereocenters. The summed E-state index contributed by atoms with van der Waals surface area (Å²) in [6.07, 6.45) is 42.2. The quantitative estimate of drug-likeness (QED) is 0.0347. The zero-order chi connectivity index (χ0) is 41.2. The van der Waals surface area contributed by atoms with Gasteiger partial charge in [-0.05, 0) is 31.1 Å². The summed E-state index contributed by atoms with van der Waals surface area (Å²) in [5.74, 6) is 0.811. The molecule has 0 N–H and O–H groups in total. The summed E-state index contributed by atoms with van der Waals surface area (Å²) >= 11 is 0. The van der Waals surface area contributed by atoms with Gasteiger partial charge in [0, 0.05) is 19.3 Å². The lowest BCUT2D eigenvalue weighted by molar-refractivity contribution is -0.167. The maximum absolute atomic E-state index is 12.8. The van der Waals surface area contributed by atoms with Gasteiger partial charge in [-0.25, -0.2) is 0 Å². The van der Waals surface area contributed by atoms with Crippen molar-refractivity contribution in [2.24, 2.45) is 11.8 Å². The zero-order valence-electron chi connectivity index (χ0n) is 38.3. The highest BCUT2D eigenvalue weighted by Crippen LogP contribution is 2.17. The lowest BCUT2D eigenvalue weighted by atomic mass is 9.99. The van der Waals surface area contributed by atoms with Crippen LogP contribution >= 0.6 is 0 Å². The number of rotatable bonds is 44. The Kier molecular flexibility index (Phi) is 41.8. The smallest absolute Gasteiger partial charge is 0.306 e. The van der Waals surface area contributed by atoms with Gasteiger partial charge in [-0.2, -0.15) is 0 Å². The minimum Gasteiger partial charge on any atom is -0.462 e. The maximum atomic E-state index is 12.8. The van der Waals surface area contributed by atoms with Crippen molar-refractivity contribution in [1.82, 2.24) is 0 Å². The molecule has 0 aromatic rings. The summed E-state index contributed by atoms with van der Waals surface area (Å²) in [5.41, 5.74) is 0. The molecule has 0 spiro atoms. The molecule has 0 saturated heterocycles. The number of hydrogen-bond acceptors (Lipinski definition) is 6. The normalized spacial score (nSPS) is 12.5. The molecule has 332 valence electrons. The molecule has 2 atom stereocenters. The van der Waals surface area contributed by atoms with Crippen LogP contribution in [0.2, 0.25) is 0 Å². The molecule has 6 heteroatoms. The van der Waals surface area contributed by atoms with Crippen molar-refractivity contribution in [3.8, 4) is 0 Å². The number of carbonyl (C=O) groups excluding carboxylic acids is 3. The molecule has 0 heterocycles. The number of unbranched alkanes of at least 4 members (excludes halogenated alkanes) is 28. The van der Waals surface area contributed by atoms with E-state index in [4.69, 9.17) is 14.2 Å². The molecule has 0 aromatic heterocycles. The van der Waals surface area contributed by atoms with Gasteiger partial charge in [-0.3, -0.25) is 14.4 Å². The molecule has 0 aromatic carbocycles. The van der Waals surface area contributed by atoms with Crippen LogP contribution in [0.3, 0.4) is 0 Å². The van der Waals surface area contributed by atoms with Gasteiger partial charge in [0.25, 0.3) is 0 Å². The summed E-state index contributed by atoms with van der Waals surface area (Å²) in [4.78, 5) is 37.8. The fraction of sp³-hybridized carbons (Fsp3) is 0.940. The van der Waals surface area contributed by atoms with Gasteiger partial charge in [0.1, 0.15) is 13.2 Å². The van der Waals surface area contributed by atoms with Gasteiger partial charge < -0.3 is 14.2 Å². The van der Waals surface area contributed by atoms with Gasteiger partial charge in [-0.15, -0.1) is 0 Å². The monoisotopic (exact) mass is 793 g/mol. The minimum atomic E-state index is -0.761. The van der Waals surface area contributed by atoms with Crippen LogP contribution < -0.4 is 0 Å². The van der Waals surface area contributed by atoms with Crippen molar-refractivity contribution in [3.63, 3.8) is 0 Å². The minimum absolute atomic E-state index is 0.0644. The first-order chi connectivity index (χ1) is 27.3. The first kappa shape index (κ1) is 54.4. The Bertz CT molecular complexity index is 856. The molecule has 56 heavy (non-hydrogen) atoms. The molecule has 0 rings (SSSR count). The topological polar surface area (TPSA) is 78.9 Å². The van der Waals surface area contributed by atoms with Crippen LogP contribution in [0.25, 0.3) is 0 Å². The molecule has 0 aliphatic rings. The highest BCUT2D eigenvalue weighted by Gasteiger charge is 2.19. The van der Waals surface area contributed by atoms with Crippen LogP contribution in [-0.2, 0) is 28.6 Å². The van der Waals surface area contributed by atoms with E-state index >= 15 is 0 Å². The SMILES string of the molecule is CCCCCCCCCCCCCCCC(=O)OC[C@H](COC(=O)CCCCCCCCCCC(C)C)OC(=O)CCCCCCCCCCCCC(C)CC. The van der Waals surface area contributed by atoms with E-state index in [9.17, 15) is 14.4 Å². The molecule has 0 aliphatic carbocycles. The van der Waals surface area contributed by atoms with E-state index < -0.39 is 6.10 Å². The molecule has 0 bridgehead atoms. The number of esters is 3. The van der Waals surface area contributed by atoms with Crippen LogP contribution in [0.5, 0.6) is 0 Å². The van der Waals surface area contributed by atoms with Crippen molar-refractivity contribution in [2.45, 2.75) is 278 Å². The third-order valence-corrected chi connectivity index (χ3v) is 11.6. The van der Waals surface area contributed by atoms with E-state index in [-0.39, 0.29) is 31.1 Å². The summed E-state index contributed by atoms with van der Waals surface area (Å²) in [7, 11) is 0. The van der Waals surface area contributed by atoms with Crippen molar-refractivity contribution in [3.05, 3.63) is 0 Å². The highest BCUT2D eigenvalue weighted by molar-refractivity contribution is 5.71. The van der Waals surface area contributed by atoms with E-state index in [1.54, 1.807) is 0 Å². The van der Waals surface area contributed by atoms with E-state index in [1.807, 2.05) is 0 Å². The molecular weight excluding hydrogens is 697 g/mol. The van der Waals surface area contributed by atoms with E-state index in [2.05, 4.69) is 34.6 Å². The Balaban J connectivity index is 4.33. The fourth-order valence-electron chi connectivity index (χ4n) is 7.43. The highest BCUT2D eigenvalue weighted by atomic mass is 16.6. The average Bonchev–Trinajstić information content (AvgIpc) is 3.18. The summed E-state index contributed by atoms with van der Waals surface area (Å²) in [6.45, 7) is 11.4. The Morgan fingerprint density at radius 1 is 0.375 bits per heavy atom. The van der Waals surface area contributed by atoms with Crippen molar-refractivity contribution < 1.29 is 28.6 Å². The van der Waals surface area contributed by atoms with Gasteiger partial charge in [0.2, 0.25) is 0 Å². The van der Waals surface area contributed by atoms with Crippen LogP contribution in [-0.4, -0.2) is 37.2 Å². The zero-order valence-corrected chi connectivity index (χ0v) is 38.3. The summed E-state index contributed by atoms with van der Waals surface area (Å²) in [5, 5.41) is 0. The molecule has 0 fully saturated rings. The van der Waals surface area contributed by atoms with Gasteiger partial charge in [-0.1, -0.05) is 234 Å². The number of carbonyl (C=O) groups is 3. The van der Waals surface area contributed by atoms with Crippen LogP contribution in [0, 0.1) is 11.8 Å². The first-order valence-electron chi connectivity index (χ1n) is 24.8. The first-order valence-corrected chi connectivity index (χ1v) is 24.8. The van der Waals surface area contributed by atoms with E-state index in [1.165, 1.54) is 161 Å². The molecule has 0 saturated carbocycles. The molecular formula is C50H96O6. The Hall–Kier alpha value is -1.59. The van der Waals surface area contributed by atoms with Crippen molar-refractivity contribution in [1.29, 1.82) is 0 Å². The van der Waals surface area contributed by atoms with Crippen LogP contribution in [0.1, 0.15) is 272 Å². The molecule has 0 radical (unpaired) electrons. The standard InChI is InChI=1S/C50H96O6/c1-6-8-9-10-11-12-13-14-15-19-25-30-35-40-48(51)54-43-47(44-55-49(52)41-36-31-26-22-21-23-28-33-38-45(3)4)56-50(53)42-37-32-27-20-17-16-18-24-29-34-39-46(5)7-2/h45-47H,6-44H2,1-5H3/t46?,47-/m1/s1. The third kappa shape index (κ3) is 42.0. The van der Waals surface area contributed by atoms with Crippen molar-refractivity contribution in [2.75, 3.05) is 13.2 Å².